The maximum atomic E-state index is 13.2. The Hall–Kier alpha value is -0.310. The molecule has 0 heterocycles. The van der Waals surface area contributed by atoms with Crippen LogP contribution < -0.4 is 5.73 Å². The molecule has 1 aliphatic rings. The van der Waals surface area contributed by atoms with Crippen molar-refractivity contribution in [3.63, 3.8) is 0 Å². The van der Waals surface area contributed by atoms with Gasteiger partial charge in [-0.3, -0.25) is 0 Å². The second-order valence-corrected chi connectivity index (χ2v) is 4.41. The second kappa shape index (κ2) is 3.69. The number of halogens is 3. The van der Waals surface area contributed by atoms with Gasteiger partial charge >= 0.3 is 0 Å². The van der Waals surface area contributed by atoms with Gasteiger partial charge in [-0.05, 0) is 30.9 Å². The van der Waals surface area contributed by atoms with Crippen molar-refractivity contribution in [2.24, 2.45) is 11.7 Å². The van der Waals surface area contributed by atoms with Crippen LogP contribution in [0.25, 0.3) is 0 Å². The maximum absolute atomic E-state index is 13.2. The first-order valence-corrected chi connectivity index (χ1v) is 5.26. The SMILES string of the molecule is NC(c1c(Cl)ccc(F)c1Cl)C1CC1. The third-order valence-electron chi connectivity index (χ3n) is 2.54. The van der Waals surface area contributed by atoms with Gasteiger partial charge < -0.3 is 5.73 Å². The number of nitrogens with two attached hydrogens (primary N) is 1. The molecular weight excluding hydrogens is 224 g/mol. The van der Waals surface area contributed by atoms with Crippen molar-refractivity contribution in [2.75, 3.05) is 0 Å². The van der Waals surface area contributed by atoms with Gasteiger partial charge in [0.2, 0.25) is 0 Å². The average molecular weight is 234 g/mol. The lowest BCUT2D eigenvalue weighted by Gasteiger charge is -2.14. The van der Waals surface area contributed by atoms with Gasteiger partial charge in [-0.15, -0.1) is 0 Å². The van der Waals surface area contributed by atoms with Gasteiger partial charge in [-0.25, -0.2) is 4.39 Å². The van der Waals surface area contributed by atoms with Crippen LogP contribution in [0.5, 0.6) is 0 Å². The van der Waals surface area contributed by atoms with E-state index in [1.54, 1.807) is 0 Å². The highest BCUT2D eigenvalue weighted by atomic mass is 35.5. The summed E-state index contributed by atoms with van der Waals surface area (Å²) in [6.07, 6.45) is 2.15. The minimum Gasteiger partial charge on any atom is -0.324 e. The molecule has 1 aromatic rings. The Morgan fingerprint density at radius 1 is 1.36 bits per heavy atom. The number of hydrogen-bond donors (Lipinski definition) is 1. The summed E-state index contributed by atoms with van der Waals surface area (Å²) in [5.41, 5.74) is 6.49. The first kappa shape index (κ1) is 10.2. The molecule has 0 bridgehead atoms. The van der Waals surface area contributed by atoms with Crippen molar-refractivity contribution in [1.82, 2.24) is 0 Å². The van der Waals surface area contributed by atoms with Gasteiger partial charge in [0, 0.05) is 16.6 Å². The lowest BCUT2D eigenvalue weighted by atomic mass is 10.0. The van der Waals surface area contributed by atoms with E-state index in [4.69, 9.17) is 28.9 Å². The Morgan fingerprint density at radius 2 is 2.00 bits per heavy atom. The molecule has 0 aromatic heterocycles. The van der Waals surface area contributed by atoms with E-state index in [-0.39, 0.29) is 11.1 Å². The zero-order valence-electron chi connectivity index (χ0n) is 7.43. The molecule has 0 spiro atoms. The van der Waals surface area contributed by atoms with Gasteiger partial charge in [0.15, 0.2) is 0 Å². The van der Waals surface area contributed by atoms with E-state index in [9.17, 15) is 4.39 Å². The summed E-state index contributed by atoms with van der Waals surface area (Å²) in [5, 5.41) is 0.521. The van der Waals surface area contributed by atoms with Gasteiger partial charge in [-0.2, -0.15) is 0 Å². The van der Waals surface area contributed by atoms with Crippen LogP contribution >= 0.6 is 23.2 Å². The summed E-state index contributed by atoms with van der Waals surface area (Å²) >= 11 is 11.8. The van der Waals surface area contributed by atoms with Crippen LogP contribution in [0.4, 0.5) is 4.39 Å². The highest BCUT2D eigenvalue weighted by molar-refractivity contribution is 6.36. The monoisotopic (exact) mass is 233 g/mol. The molecule has 1 nitrogen and oxygen atoms in total. The Morgan fingerprint density at radius 3 is 2.57 bits per heavy atom. The van der Waals surface area contributed by atoms with Crippen molar-refractivity contribution in [2.45, 2.75) is 18.9 Å². The van der Waals surface area contributed by atoms with Crippen LogP contribution in [-0.4, -0.2) is 0 Å². The fraction of sp³-hybridized carbons (Fsp3) is 0.400. The van der Waals surface area contributed by atoms with Gasteiger partial charge in [0.05, 0.1) is 5.02 Å². The molecule has 2 rings (SSSR count). The summed E-state index contributed by atoms with van der Waals surface area (Å²) in [4.78, 5) is 0. The summed E-state index contributed by atoms with van der Waals surface area (Å²) in [6.45, 7) is 0. The molecule has 76 valence electrons. The molecule has 0 saturated heterocycles. The fourth-order valence-corrected chi connectivity index (χ4v) is 2.16. The Balaban J connectivity index is 2.43. The van der Waals surface area contributed by atoms with Gasteiger partial charge in [0.25, 0.3) is 0 Å². The molecule has 1 atom stereocenters. The largest absolute Gasteiger partial charge is 0.324 e. The second-order valence-electron chi connectivity index (χ2n) is 3.62. The third-order valence-corrected chi connectivity index (χ3v) is 3.26. The molecule has 1 unspecified atom stereocenters. The highest BCUT2D eigenvalue weighted by Crippen LogP contribution is 2.44. The minimum absolute atomic E-state index is 0.0666. The van der Waals surface area contributed by atoms with E-state index in [1.165, 1.54) is 12.1 Å². The molecule has 14 heavy (non-hydrogen) atoms. The molecule has 1 fully saturated rings. The molecule has 0 aliphatic heterocycles. The topological polar surface area (TPSA) is 26.0 Å². The lowest BCUT2D eigenvalue weighted by molar-refractivity contribution is 0.602. The predicted molar refractivity (Wildman–Crippen MR) is 56.1 cm³/mol. The predicted octanol–water partition coefficient (Wildman–Crippen LogP) is 3.54. The zero-order valence-corrected chi connectivity index (χ0v) is 8.95. The molecule has 0 radical (unpaired) electrons. The van der Waals surface area contributed by atoms with E-state index in [2.05, 4.69) is 0 Å². The number of benzene rings is 1. The van der Waals surface area contributed by atoms with Crippen LogP contribution in [0.2, 0.25) is 10.0 Å². The van der Waals surface area contributed by atoms with Crippen molar-refractivity contribution < 1.29 is 4.39 Å². The molecule has 1 saturated carbocycles. The molecular formula is C10H10Cl2FN. The summed E-state index contributed by atoms with van der Waals surface area (Å²) in [6, 6.07) is 2.53. The van der Waals surface area contributed by atoms with E-state index >= 15 is 0 Å². The normalized spacial score (nSPS) is 18.3. The van der Waals surface area contributed by atoms with Crippen molar-refractivity contribution >= 4 is 23.2 Å². The van der Waals surface area contributed by atoms with Gasteiger partial charge in [-0.1, -0.05) is 23.2 Å². The quantitative estimate of drug-likeness (QED) is 0.778. The maximum Gasteiger partial charge on any atom is 0.142 e. The third kappa shape index (κ3) is 1.74. The van der Waals surface area contributed by atoms with Crippen LogP contribution in [-0.2, 0) is 0 Å². The average Bonchev–Trinajstić information content (AvgIpc) is 2.95. The van der Waals surface area contributed by atoms with Crippen molar-refractivity contribution in [3.05, 3.63) is 33.6 Å². The Kier molecular flexibility index (Phi) is 2.69. The number of rotatable bonds is 2. The molecule has 2 N–H and O–H groups in total. The van der Waals surface area contributed by atoms with Crippen LogP contribution in [0, 0.1) is 11.7 Å². The molecule has 1 aliphatic carbocycles. The molecule has 0 amide bonds. The van der Waals surface area contributed by atoms with E-state index in [0.29, 0.717) is 16.5 Å². The minimum atomic E-state index is -0.456. The summed E-state index contributed by atoms with van der Waals surface area (Å²) in [5.74, 6) is -0.0473. The van der Waals surface area contributed by atoms with E-state index in [0.717, 1.165) is 12.8 Å². The van der Waals surface area contributed by atoms with E-state index < -0.39 is 5.82 Å². The first-order chi connectivity index (χ1) is 6.61. The first-order valence-electron chi connectivity index (χ1n) is 4.50. The Bertz CT molecular complexity index is 363. The van der Waals surface area contributed by atoms with Crippen LogP contribution in [0.3, 0.4) is 0 Å². The smallest absolute Gasteiger partial charge is 0.142 e. The molecule has 1 aromatic carbocycles. The number of hydrogen-bond acceptors (Lipinski definition) is 1. The van der Waals surface area contributed by atoms with Gasteiger partial charge in [0.1, 0.15) is 5.82 Å². The van der Waals surface area contributed by atoms with Crippen molar-refractivity contribution in [1.29, 1.82) is 0 Å². The van der Waals surface area contributed by atoms with Crippen molar-refractivity contribution in [3.8, 4) is 0 Å². The molecule has 4 heteroatoms. The van der Waals surface area contributed by atoms with Crippen LogP contribution in [0.15, 0.2) is 12.1 Å². The highest BCUT2D eigenvalue weighted by Gasteiger charge is 2.32. The zero-order chi connectivity index (χ0) is 10.3. The summed E-state index contributed by atoms with van der Waals surface area (Å²) < 4.78 is 13.2. The van der Waals surface area contributed by atoms with Crippen LogP contribution in [0.1, 0.15) is 24.4 Å². The Labute approximate surface area is 92.0 Å². The standard InChI is InChI=1S/C10H10Cl2FN/c11-6-3-4-7(13)9(12)8(6)10(14)5-1-2-5/h3-5,10H,1-2,14H2. The van der Waals surface area contributed by atoms with E-state index in [1.807, 2.05) is 0 Å². The lowest BCUT2D eigenvalue weighted by Crippen LogP contribution is -2.14. The fourth-order valence-electron chi connectivity index (χ4n) is 1.54. The summed E-state index contributed by atoms with van der Waals surface area (Å²) in [7, 11) is 0.